The summed E-state index contributed by atoms with van der Waals surface area (Å²) in [5, 5.41) is 3.48. The third-order valence-corrected chi connectivity index (χ3v) is 3.68. The van der Waals surface area contributed by atoms with Crippen molar-refractivity contribution in [2.45, 2.75) is 19.9 Å². The Morgan fingerprint density at radius 2 is 2.21 bits per heavy atom. The lowest BCUT2D eigenvalue weighted by molar-refractivity contribution is 0.139. The van der Waals surface area contributed by atoms with Crippen molar-refractivity contribution in [2.24, 2.45) is 5.92 Å². The number of fused-ring (bicyclic) bond motifs is 1. The average molecular weight is 258 g/mol. The highest BCUT2D eigenvalue weighted by atomic mass is 15.2. The van der Waals surface area contributed by atoms with Crippen molar-refractivity contribution in [3.63, 3.8) is 0 Å². The predicted molar refractivity (Wildman–Crippen MR) is 78.1 cm³/mol. The minimum absolute atomic E-state index is 0.364. The third kappa shape index (κ3) is 2.65. The van der Waals surface area contributed by atoms with Gasteiger partial charge in [0.1, 0.15) is 5.82 Å². The zero-order valence-electron chi connectivity index (χ0n) is 11.7. The van der Waals surface area contributed by atoms with Crippen LogP contribution in [0.1, 0.15) is 25.7 Å². The smallest absolute Gasteiger partial charge is 0.125 e. The molecule has 0 spiro atoms. The van der Waals surface area contributed by atoms with E-state index in [0.29, 0.717) is 12.0 Å². The second kappa shape index (κ2) is 5.31. The summed E-state index contributed by atoms with van der Waals surface area (Å²) in [7, 11) is 0. The fourth-order valence-corrected chi connectivity index (χ4v) is 2.83. The Bertz CT molecular complexity index is 513. The van der Waals surface area contributed by atoms with Crippen LogP contribution in [0.15, 0.2) is 24.3 Å². The lowest BCUT2D eigenvalue weighted by Gasteiger charge is -2.36. The SMILES string of the molecule is CC(C)CN1CCNCC1c1nc2ccccc2[nH]1. The van der Waals surface area contributed by atoms with Crippen molar-refractivity contribution in [1.29, 1.82) is 0 Å². The Kier molecular flexibility index (Phi) is 3.53. The average Bonchev–Trinajstić information content (AvgIpc) is 2.82. The predicted octanol–water partition coefficient (Wildman–Crippen LogP) is 2.17. The maximum absolute atomic E-state index is 4.76. The summed E-state index contributed by atoms with van der Waals surface area (Å²) in [5.41, 5.74) is 2.19. The van der Waals surface area contributed by atoms with Crippen LogP contribution in [0.25, 0.3) is 11.0 Å². The number of para-hydroxylation sites is 2. The molecule has 3 rings (SSSR count). The molecule has 19 heavy (non-hydrogen) atoms. The fourth-order valence-electron chi connectivity index (χ4n) is 2.83. The van der Waals surface area contributed by atoms with Crippen LogP contribution in [0.4, 0.5) is 0 Å². The van der Waals surface area contributed by atoms with E-state index in [1.54, 1.807) is 0 Å². The minimum Gasteiger partial charge on any atom is -0.341 e. The fraction of sp³-hybridized carbons (Fsp3) is 0.533. The molecule has 2 heterocycles. The number of nitrogens with zero attached hydrogens (tertiary/aromatic N) is 2. The molecule has 102 valence electrons. The van der Waals surface area contributed by atoms with Crippen molar-refractivity contribution in [3.8, 4) is 0 Å². The van der Waals surface area contributed by atoms with Gasteiger partial charge in [0.25, 0.3) is 0 Å². The van der Waals surface area contributed by atoms with Crippen molar-refractivity contribution in [2.75, 3.05) is 26.2 Å². The lowest BCUT2D eigenvalue weighted by atomic mass is 10.1. The monoisotopic (exact) mass is 258 g/mol. The molecule has 1 fully saturated rings. The zero-order valence-corrected chi connectivity index (χ0v) is 11.7. The first-order valence-corrected chi connectivity index (χ1v) is 7.13. The number of aromatic amines is 1. The molecule has 2 aromatic rings. The summed E-state index contributed by atoms with van der Waals surface area (Å²) in [6.45, 7) is 8.83. The van der Waals surface area contributed by atoms with E-state index in [0.717, 1.165) is 43.0 Å². The molecule has 0 bridgehead atoms. The third-order valence-electron chi connectivity index (χ3n) is 3.68. The molecule has 1 aromatic carbocycles. The van der Waals surface area contributed by atoms with Gasteiger partial charge >= 0.3 is 0 Å². The lowest BCUT2D eigenvalue weighted by Crippen LogP contribution is -2.47. The van der Waals surface area contributed by atoms with Crippen molar-refractivity contribution in [1.82, 2.24) is 20.2 Å². The molecule has 1 aromatic heterocycles. The highest BCUT2D eigenvalue weighted by Gasteiger charge is 2.26. The second-order valence-corrected chi connectivity index (χ2v) is 5.75. The molecule has 4 nitrogen and oxygen atoms in total. The van der Waals surface area contributed by atoms with Crippen LogP contribution in [-0.4, -0.2) is 41.0 Å². The van der Waals surface area contributed by atoms with E-state index in [1.165, 1.54) is 0 Å². The maximum atomic E-state index is 4.76. The molecular formula is C15H22N4. The van der Waals surface area contributed by atoms with E-state index in [-0.39, 0.29) is 0 Å². The first kappa shape index (κ1) is 12.6. The van der Waals surface area contributed by atoms with Gasteiger partial charge in [-0.15, -0.1) is 0 Å². The van der Waals surface area contributed by atoms with Gasteiger partial charge in [0.15, 0.2) is 0 Å². The Morgan fingerprint density at radius 3 is 3.00 bits per heavy atom. The van der Waals surface area contributed by atoms with Gasteiger partial charge in [-0.2, -0.15) is 0 Å². The molecule has 1 atom stereocenters. The van der Waals surface area contributed by atoms with E-state index in [2.05, 4.69) is 47.2 Å². The molecule has 0 saturated carbocycles. The van der Waals surface area contributed by atoms with Crippen molar-refractivity contribution >= 4 is 11.0 Å². The van der Waals surface area contributed by atoms with Crippen LogP contribution >= 0.6 is 0 Å². The van der Waals surface area contributed by atoms with Crippen LogP contribution < -0.4 is 5.32 Å². The van der Waals surface area contributed by atoms with Gasteiger partial charge in [-0.3, -0.25) is 4.90 Å². The van der Waals surface area contributed by atoms with Gasteiger partial charge in [-0.1, -0.05) is 26.0 Å². The zero-order chi connectivity index (χ0) is 13.2. The van der Waals surface area contributed by atoms with E-state index in [4.69, 9.17) is 4.98 Å². The molecule has 4 heteroatoms. The van der Waals surface area contributed by atoms with Gasteiger partial charge in [-0.05, 0) is 18.1 Å². The van der Waals surface area contributed by atoms with Crippen LogP contribution in [0.5, 0.6) is 0 Å². The number of rotatable bonds is 3. The van der Waals surface area contributed by atoms with Crippen molar-refractivity contribution in [3.05, 3.63) is 30.1 Å². The largest absolute Gasteiger partial charge is 0.341 e. The summed E-state index contributed by atoms with van der Waals surface area (Å²) < 4.78 is 0. The normalized spacial score (nSPS) is 21.3. The summed E-state index contributed by atoms with van der Waals surface area (Å²) in [6.07, 6.45) is 0. The van der Waals surface area contributed by atoms with Gasteiger partial charge in [0.2, 0.25) is 0 Å². The number of aromatic nitrogens is 2. The van der Waals surface area contributed by atoms with E-state index in [9.17, 15) is 0 Å². The summed E-state index contributed by atoms with van der Waals surface area (Å²) in [6, 6.07) is 8.61. The van der Waals surface area contributed by atoms with Crippen LogP contribution in [-0.2, 0) is 0 Å². The molecule has 1 unspecified atom stereocenters. The molecule has 0 aliphatic carbocycles. The van der Waals surface area contributed by atoms with Gasteiger partial charge in [0, 0.05) is 26.2 Å². The maximum Gasteiger partial charge on any atom is 0.125 e. The molecule has 0 amide bonds. The standard InChI is InChI=1S/C15H22N4/c1-11(2)10-19-8-7-16-9-14(19)15-17-12-5-3-4-6-13(12)18-15/h3-6,11,14,16H,7-10H2,1-2H3,(H,17,18). The van der Waals surface area contributed by atoms with E-state index >= 15 is 0 Å². The van der Waals surface area contributed by atoms with Crippen LogP contribution in [0.2, 0.25) is 0 Å². The van der Waals surface area contributed by atoms with Gasteiger partial charge in [0.05, 0.1) is 17.1 Å². The minimum atomic E-state index is 0.364. The molecule has 2 N–H and O–H groups in total. The Hall–Kier alpha value is -1.39. The number of hydrogen-bond donors (Lipinski definition) is 2. The number of piperazine rings is 1. The quantitative estimate of drug-likeness (QED) is 0.886. The molecule has 1 saturated heterocycles. The molecule has 0 radical (unpaired) electrons. The molecule has 1 aliphatic rings. The Balaban J connectivity index is 1.89. The first-order valence-electron chi connectivity index (χ1n) is 7.13. The topological polar surface area (TPSA) is 44.0 Å². The van der Waals surface area contributed by atoms with E-state index < -0.39 is 0 Å². The highest BCUT2D eigenvalue weighted by Crippen LogP contribution is 2.23. The Morgan fingerprint density at radius 1 is 1.37 bits per heavy atom. The highest BCUT2D eigenvalue weighted by molar-refractivity contribution is 5.74. The molecular weight excluding hydrogens is 236 g/mol. The van der Waals surface area contributed by atoms with Crippen molar-refractivity contribution < 1.29 is 0 Å². The number of benzene rings is 1. The number of nitrogens with one attached hydrogen (secondary N) is 2. The summed E-state index contributed by atoms with van der Waals surface area (Å²) in [5.74, 6) is 1.78. The number of hydrogen-bond acceptors (Lipinski definition) is 3. The number of H-pyrrole nitrogens is 1. The van der Waals surface area contributed by atoms with Gasteiger partial charge in [-0.25, -0.2) is 4.98 Å². The van der Waals surface area contributed by atoms with Gasteiger partial charge < -0.3 is 10.3 Å². The summed E-state index contributed by atoms with van der Waals surface area (Å²) in [4.78, 5) is 10.8. The summed E-state index contributed by atoms with van der Waals surface area (Å²) >= 11 is 0. The van der Waals surface area contributed by atoms with Crippen LogP contribution in [0, 0.1) is 5.92 Å². The Labute approximate surface area is 114 Å². The molecule has 1 aliphatic heterocycles. The second-order valence-electron chi connectivity index (χ2n) is 5.75. The van der Waals surface area contributed by atoms with E-state index in [1.807, 2.05) is 6.07 Å². The first-order chi connectivity index (χ1) is 9.24. The number of imidazole rings is 1. The van der Waals surface area contributed by atoms with Crippen LogP contribution in [0.3, 0.4) is 0 Å².